The smallest absolute Gasteiger partial charge is 0.264 e. The summed E-state index contributed by atoms with van der Waals surface area (Å²) in [5, 5.41) is 11.1. The molecule has 0 fully saturated rings. The van der Waals surface area contributed by atoms with Crippen molar-refractivity contribution < 1.29 is 14.2 Å². The SMILES string of the molecule is CCO[P@](=O)(c1ccc(N(C)C)cc1)[C@@H](O)c1cccnc1. The minimum Gasteiger partial charge on any atom is -0.378 e. The topological polar surface area (TPSA) is 62.7 Å². The number of aromatic nitrogens is 1. The Morgan fingerprint density at radius 2 is 1.95 bits per heavy atom. The summed E-state index contributed by atoms with van der Waals surface area (Å²) in [6.45, 7) is 2.01. The van der Waals surface area contributed by atoms with E-state index >= 15 is 0 Å². The van der Waals surface area contributed by atoms with Crippen LogP contribution in [0.4, 0.5) is 5.69 Å². The molecule has 6 heteroatoms. The molecular formula is C16H21N2O3P. The molecular weight excluding hydrogens is 299 g/mol. The Labute approximate surface area is 131 Å². The van der Waals surface area contributed by atoms with E-state index in [1.807, 2.05) is 31.1 Å². The fraction of sp³-hybridized carbons (Fsp3) is 0.312. The Balaban J connectivity index is 2.41. The lowest BCUT2D eigenvalue weighted by Crippen LogP contribution is -2.16. The molecule has 0 bridgehead atoms. The van der Waals surface area contributed by atoms with Crippen molar-refractivity contribution in [2.24, 2.45) is 0 Å². The maximum absolute atomic E-state index is 13.3. The third-order valence-corrected chi connectivity index (χ3v) is 5.95. The zero-order valence-corrected chi connectivity index (χ0v) is 13.9. The van der Waals surface area contributed by atoms with E-state index in [-0.39, 0.29) is 6.61 Å². The van der Waals surface area contributed by atoms with Crippen LogP contribution in [-0.4, -0.2) is 30.8 Å². The van der Waals surface area contributed by atoms with Gasteiger partial charge in [-0.15, -0.1) is 0 Å². The van der Waals surface area contributed by atoms with E-state index in [1.54, 1.807) is 37.4 Å². The molecule has 1 aromatic carbocycles. The highest BCUT2D eigenvalue weighted by Crippen LogP contribution is 2.57. The molecule has 0 saturated heterocycles. The Kier molecular flexibility index (Phi) is 5.35. The van der Waals surface area contributed by atoms with Crippen molar-refractivity contribution >= 4 is 18.4 Å². The summed E-state index contributed by atoms with van der Waals surface area (Å²) in [4.78, 5) is 5.92. The first-order chi connectivity index (χ1) is 10.5. The van der Waals surface area contributed by atoms with Gasteiger partial charge in [0.25, 0.3) is 7.37 Å². The molecule has 1 aromatic heterocycles. The molecule has 118 valence electrons. The monoisotopic (exact) mass is 320 g/mol. The molecule has 0 aliphatic rings. The second-order valence-electron chi connectivity index (χ2n) is 5.09. The second kappa shape index (κ2) is 7.05. The van der Waals surface area contributed by atoms with E-state index in [0.717, 1.165) is 5.69 Å². The van der Waals surface area contributed by atoms with Crippen molar-refractivity contribution in [2.75, 3.05) is 25.6 Å². The molecule has 0 aliphatic carbocycles. The minimum atomic E-state index is -3.44. The number of nitrogens with zero attached hydrogens (tertiary/aromatic N) is 2. The third kappa shape index (κ3) is 3.38. The highest BCUT2D eigenvalue weighted by atomic mass is 31.2. The van der Waals surface area contributed by atoms with Crippen molar-refractivity contribution in [2.45, 2.75) is 12.8 Å². The zero-order chi connectivity index (χ0) is 16.2. The normalized spacial score (nSPS) is 15.1. The van der Waals surface area contributed by atoms with Gasteiger partial charge in [-0.3, -0.25) is 9.55 Å². The van der Waals surface area contributed by atoms with Crippen LogP contribution in [0.1, 0.15) is 18.3 Å². The van der Waals surface area contributed by atoms with Gasteiger partial charge in [0.15, 0.2) is 5.85 Å². The summed E-state index contributed by atoms with van der Waals surface area (Å²) in [7, 11) is 0.427. The van der Waals surface area contributed by atoms with Crippen LogP contribution < -0.4 is 10.2 Å². The molecule has 0 unspecified atom stereocenters. The number of rotatable bonds is 6. The van der Waals surface area contributed by atoms with Gasteiger partial charge in [0.05, 0.1) is 6.61 Å². The Bertz CT molecular complexity index is 644. The van der Waals surface area contributed by atoms with E-state index in [9.17, 15) is 9.67 Å². The summed E-state index contributed by atoms with van der Waals surface area (Å²) in [5.41, 5.74) is 1.47. The number of anilines is 1. The first-order valence-electron chi connectivity index (χ1n) is 7.09. The van der Waals surface area contributed by atoms with Crippen LogP contribution in [0, 0.1) is 0 Å². The van der Waals surface area contributed by atoms with Gasteiger partial charge in [0, 0.05) is 43.0 Å². The predicted molar refractivity (Wildman–Crippen MR) is 88.8 cm³/mol. The van der Waals surface area contributed by atoms with Crippen LogP contribution in [0.15, 0.2) is 48.8 Å². The fourth-order valence-electron chi connectivity index (χ4n) is 2.16. The predicted octanol–water partition coefficient (Wildman–Crippen LogP) is 2.78. The fourth-order valence-corrected chi connectivity index (χ4v) is 4.23. The van der Waals surface area contributed by atoms with Crippen molar-refractivity contribution in [3.8, 4) is 0 Å². The summed E-state index contributed by atoms with van der Waals surface area (Å²) < 4.78 is 18.8. The lowest BCUT2D eigenvalue weighted by molar-refractivity contribution is 0.218. The highest BCUT2D eigenvalue weighted by Gasteiger charge is 2.36. The van der Waals surface area contributed by atoms with Crippen molar-refractivity contribution in [3.05, 3.63) is 54.4 Å². The van der Waals surface area contributed by atoms with Crippen LogP contribution in [0.25, 0.3) is 0 Å². The first-order valence-corrected chi connectivity index (χ1v) is 8.78. The molecule has 0 aliphatic heterocycles. The molecule has 0 saturated carbocycles. The van der Waals surface area contributed by atoms with E-state index < -0.39 is 13.2 Å². The van der Waals surface area contributed by atoms with Crippen LogP contribution in [0.5, 0.6) is 0 Å². The van der Waals surface area contributed by atoms with Crippen LogP contribution in [0.2, 0.25) is 0 Å². The molecule has 2 rings (SSSR count). The average Bonchev–Trinajstić information content (AvgIpc) is 2.55. The number of benzene rings is 1. The summed E-state index contributed by atoms with van der Waals surface area (Å²) in [5.74, 6) is -1.23. The number of hydrogen-bond acceptors (Lipinski definition) is 5. The van der Waals surface area contributed by atoms with Gasteiger partial charge >= 0.3 is 0 Å². The Morgan fingerprint density at radius 3 is 2.45 bits per heavy atom. The number of hydrogen-bond donors (Lipinski definition) is 1. The van der Waals surface area contributed by atoms with Crippen molar-refractivity contribution in [1.29, 1.82) is 0 Å². The van der Waals surface area contributed by atoms with Gasteiger partial charge in [0.2, 0.25) is 0 Å². The standard InChI is InChI=1S/C16H21N2O3P/c1-4-21-22(20,16(19)13-6-5-11-17-12-13)15-9-7-14(8-10-15)18(2)3/h5-12,16,19H,4H2,1-3H3/t16-,22-/m1/s1. The van der Waals surface area contributed by atoms with E-state index in [4.69, 9.17) is 4.52 Å². The van der Waals surface area contributed by atoms with E-state index in [2.05, 4.69) is 4.98 Å². The molecule has 22 heavy (non-hydrogen) atoms. The van der Waals surface area contributed by atoms with Gasteiger partial charge in [-0.1, -0.05) is 6.07 Å². The van der Waals surface area contributed by atoms with E-state index in [0.29, 0.717) is 10.9 Å². The molecule has 5 nitrogen and oxygen atoms in total. The molecule has 2 aromatic rings. The van der Waals surface area contributed by atoms with Crippen molar-refractivity contribution in [1.82, 2.24) is 4.98 Å². The number of pyridine rings is 1. The van der Waals surface area contributed by atoms with Crippen molar-refractivity contribution in [3.63, 3.8) is 0 Å². The summed E-state index contributed by atoms with van der Waals surface area (Å²) >= 11 is 0. The minimum absolute atomic E-state index is 0.254. The molecule has 1 N–H and O–H groups in total. The number of aliphatic hydroxyl groups is 1. The third-order valence-electron chi connectivity index (χ3n) is 3.35. The van der Waals surface area contributed by atoms with Crippen LogP contribution >= 0.6 is 7.37 Å². The van der Waals surface area contributed by atoms with Crippen LogP contribution in [0.3, 0.4) is 0 Å². The Hall–Kier alpha value is -1.68. The lowest BCUT2D eigenvalue weighted by Gasteiger charge is -2.24. The van der Waals surface area contributed by atoms with E-state index in [1.165, 1.54) is 6.20 Å². The van der Waals surface area contributed by atoms with Crippen LogP contribution in [-0.2, 0) is 9.09 Å². The zero-order valence-electron chi connectivity index (χ0n) is 13.0. The first kappa shape index (κ1) is 16.7. The Morgan fingerprint density at radius 1 is 1.27 bits per heavy atom. The van der Waals surface area contributed by atoms with Gasteiger partial charge < -0.3 is 14.5 Å². The molecule has 1 heterocycles. The molecule has 2 atom stereocenters. The van der Waals surface area contributed by atoms with Gasteiger partial charge in [-0.2, -0.15) is 0 Å². The van der Waals surface area contributed by atoms with Gasteiger partial charge in [0.1, 0.15) is 0 Å². The maximum atomic E-state index is 13.3. The quantitative estimate of drug-likeness (QED) is 0.829. The number of aliphatic hydroxyl groups excluding tert-OH is 1. The highest BCUT2D eigenvalue weighted by molar-refractivity contribution is 7.67. The molecule has 0 amide bonds. The molecule has 0 spiro atoms. The summed E-state index contributed by atoms with van der Waals surface area (Å²) in [6.07, 6.45) is 3.11. The largest absolute Gasteiger partial charge is 0.378 e. The van der Waals surface area contributed by atoms with Gasteiger partial charge in [-0.25, -0.2) is 0 Å². The maximum Gasteiger partial charge on any atom is 0.264 e. The summed E-state index contributed by atoms with van der Waals surface area (Å²) in [6, 6.07) is 10.6. The average molecular weight is 320 g/mol. The second-order valence-corrected chi connectivity index (χ2v) is 7.54. The lowest BCUT2D eigenvalue weighted by atomic mass is 10.3. The molecule has 0 radical (unpaired) electrons. The van der Waals surface area contributed by atoms with Gasteiger partial charge in [-0.05, 0) is 37.3 Å².